The molecule has 1 aliphatic rings. The largest absolute Gasteiger partial charge is 0.416 e. The van der Waals surface area contributed by atoms with Crippen LogP contribution in [0.2, 0.25) is 0 Å². The van der Waals surface area contributed by atoms with Gasteiger partial charge in [0.2, 0.25) is 15.8 Å². The second-order valence-electron chi connectivity index (χ2n) is 7.59. The topological polar surface area (TPSA) is 88.4 Å². The molecule has 13 heteroatoms. The zero-order valence-electron chi connectivity index (χ0n) is 17.8. The van der Waals surface area contributed by atoms with Crippen LogP contribution in [0.5, 0.6) is 0 Å². The first-order valence-corrected chi connectivity index (χ1v) is 11.6. The molecule has 1 aliphatic heterocycles. The van der Waals surface area contributed by atoms with E-state index in [1.165, 1.54) is 33.8 Å². The minimum atomic E-state index is -4.67. The maximum absolute atomic E-state index is 13.2. The summed E-state index contributed by atoms with van der Waals surface area (Å²) in [5, 5.41) is 4.19. The van der Waals surface area contributed by atoms with Gasteiger partial charge in [-0.3, -0.25) is 4.79 Å². The molecule has 4 rings (SSSR count). The summed E-state index contributed by atoms with van der Waals surface area (Å²) in [6.07, 6.45) is -4.67. The van der Waals surface area contributed by atoms with E-state index in [2.05, 4.69) is 10.1 Å². The fourth-order valence-electron chi connectivity index (χ4n) is 3.56. The standard InChI is InChI=1S/C21H19F4N5O3S/c1-14-26-19(27-30(14)17-7-5-16(22)6-8-17)20(31)28-9-11-29(12-10-28)34(32,33)18-4-2-3-15(13-18)21(23,24)25/h2-8,13H,9-12H2,1H3. The van der Waals surface area contributed by atoms with Crippen LogP contribution in [0.1, 0.15) is 22.0 Å². The van der Waals surface area contributed by atoms with E-state index in [1.807, 2.05) is 0 Å². The van der Waals surface area contributed by atoms with Crippen molar-refractivity contribution in [2.24, 2.45) is 0 Å². The molecule has 0 spiro atoms. The fourth-order valence-corrected chi connectivity index (χ4v) is 5.03. The van der Waals surface area contributed by atoms with Gasteiger partial charge in [0.05, 0.1) is 16.1 Å². The summed E-state index contributed by atoms with van der Waals surface area (Å²) in [6, 6.07) is 9.03. The lowest BCUT2D eigenvalue weighted by atomic mass is 10.2. The number of benzene rings is 2. The molecule has 0 saturated carbocycles. The molecule has 0 N–H and O–H groups in total. The third-order valence-electron chi connectivity index (χ3n) is 5.36. The minimum absolute atomic E-state index is 0.0150. The highest BCUT2D eigenvalue weighted by Crippen LogP contribution is 2.31. The van der Waals surface area contributed by atoms with Gasteiger partial charge in [0.15, 0.2) is 0 Å². The molecule has 1 fully saturated rings. The summed E-state index contributed by atoms with van der Waals surface area (Å²) >= 11 is 0. The van der Waals surface area contributed by atoms with Crippen molar-refractivity contribution in [3.05, 3.63) is 71.6 Å². The average Bonchev–Trinajstić information content (AvgIpc) is 3.20. The molecule has 8 nitrogen and oxygen atoms in total. The Morgan fingerprint density at radius 1 is 1.00 bits per heavy atom. The maximum atomic E-state index is 13.2. The maximum Gasteiger partial charge on any atom is 0.416 e. The van der Waals surface area contributed by atoms with Crippen molar-refractivity contribution in [3.63, 3.8) is 0 Å². The highest BCUT2D eigenvalue weighted by atomic mass is 32.2. The molecule has 0 atom stereocenters. The Morgan fingerprint density at radius 3 is 2.26 bits per heavy atom. The van der Waals surface area contributed by atoms with Crippen molar-refractivity contribution in [1.29, 1.82) is 0 Å². The Bertz CT molecular complexity index is 1310. The highest BCUT2D eigenvalue weighted by Gasteiger charge is 2.35. The van der Waals surface area contributed by atoms with Crippen LogP contribution in [-0.2, 0) is 16.2 Å². The van der Waals surface area contributed by atoms with E-state index in [4.69, 9.17) is 0 Å². The number of hydrogen-bond acceptors (Lipinski definition) is 5. The third-order valence-corrected chi connectivity index (χ3v) is 7.25. The molecular formula is C21H19F4N5O3S. The fraction of sp³-hybridized carbons (Fsp3) is 0.286. The first-order valence-electron chi connectivity index (χ1n) is 10.1. The van der Waals surface area contributed by atoms with E-state index in [9.17, 15) is 30.8 Å². The monoisotopic (exact) mass is 497 g/mol. The molecular weight excluding hydrogens is 478 g/mol. The Morgan fingerprint density at radius 2 is 1.65 bits per heavy atom. The van der Waals surface area contributed by atoms with Crippen molar-refractivity contribution >= 4 is 15.9 Å². The molecule has 1 amide bonds. The summed E-state index contributed by atoms with van der Waals surface area (Å²) in [5.74, 6) is -0.632. The summed E-state index contributed by atoms with van der Waals surface area (Å²) < 4.78 is 80.2. The van der Waals surface area contributed by atoms with Crippen molar-refractivity contribution in [3.8, 4) is 5.69 Å². The first kappa shape index (κ1) is 23.8. The zero-order valence-corrected chi connectivity index (χ0v) is 18.6. The van der Waals surface area contributed by atoms with E-state index in [0.29, 0.717) is 17.6 Å². The van der Waals surface area contributed by atoms with E-state index in [1.54, 1.807) is 6.92 Å². The minimum Gasteiger partial charge on any atom is -0.333 e. The average molecular weight is 497 g/mol. The number of aryl methyl sites for hydroxylation is 1. The zero-order chi connectivity index (χ0) is 24.7. The summed E-state index contributed by atoms with van der Waals surface area (Å²) in [7, 11) is -4.17. The number of piperazine rings is 1. The lowest BCUT2D eigenvalue weighted by Crippen LogP contribution is -2.50. The van der Waals surface area contributed by atoms with Crippen LogP contribution in [-0.4, -0.2) is 64.5 Å². The molecule has 3 aromatic rings. The van der Waals surface area contributed by atoms with Crippen LogP contribution >= 0.6 is 0 Å². The van der Waals surface area contributed by atoms with Gasteiger partial charge in [0, 0.05) is 26.2 Å². The molecule has 1 aromatic heterocycles. The van der Waals surface area contributed by atoms with Crippen LogP contribution in [0.4, 0.5) is 17.6 Å². The van der Waals surface area contributed by atoms with Crippen LogP contribution in [0.15, 0.2) is 53.4 Å². The van der Waals surface area contributed by atoms with E-state index in [0.717, 1.165) is 22.5 Å². The first-order chi connectivity index (χ1) is 16.0. The molecule has 2 aromatic carbocycles. The van der Waals surface area contributed by atoms with Crippen LogP contribution in [0.3, 0.4) is 0 Å². The quantitative estimate of drug-likeness (QED) is 0.518. The van der Waals surface area contributed by atoms with Gasteiger partial charge in [-0.2, -0.15) is 17.5 Å². The van der Waals surface area contributed by atoms with Crippen LogP contribution in [0, 0.1) is 12.7 Å². The van der Waals surface area contributed by atoms with Gasteiger partial charge >= 0.3 is 6.18 Å². The molecule has 0 radical (unpaired) electrons. The van der Waals surface area contributed by atoms with Gasteiger partial charge in [-0.25, -0.2) is 22.5 Å². The number of carbonyl (C=O) groups excluding carboxylic acids is 1. The number of alkyl halides is 3. The van der Waals surface area contributed by atoms with Crippen LogP contribution < -0.4 is 0 Å². The van der Waals surface area contributed by atoms with E-state index in [-0.39, 0.29) is 32.0 Å². The number of carbonyl (C=O) groups is 1. The van der Waals surface area contributed by atoms with Gasteiger partial charge in [-0.1, -0.05) is 6.07 Å². The molecule has 1 saturated heterocycles. The number of rotatable bonds is 4. The lowest BCUT2D eigenvalue weighted by Gasteiger charge is -2.33. The van der Waals surface area contributed by atoms with Gasteiger partial charge in [0.25, 0.3) is 5.91 Å². The molecule has 180 valence electrons. The van der Waals surface area contributed by atoms with Crippen molar-refractivity contribution in [1.82, 2.24) is 24.0 Å². The number of halogens is 4. The second kappa shape index (κ2) is 8.80. The number of sulfonamides is 1. The second-order valence-corrected chi connectivity index (χ2v) is 9.53. The van der Waals surface area contributed by atoms with Crippen molar-refractivity contribution in [2.45, 2.75) is 18.0 Å². The number of amides is 1. The third kappa shape index (κ3) is 4.66. The SMILES string of the molecule is Cc1nc(C(=O)N2CCN(S(=O)(=O)c3cccc(C(F)(F)F)c3)CC2)nn1-c1ccc(F)cc1. The predicted octanol–water partition coefficient (Wildman–Crippen LogP) is 2.88. The molecule has 0 aliphatic carbocycles. The molecule has 0 bridgehead atoms. The normalized spacial score (nSPS) is 15.5. The Labute approximate surface area is 192 Å². The van der Waals surface area contributed by atoms with Gasteiger partial charge < -0.3 is 4.90 Å². The summed E-state index contributed by atoms with van der Waals surface area (Å²) in [6.45, 7) is 1.47. The highest BCUT2D eigenvalue weighted by molar-refractivity contribution is 7.89. The van der Waals surface area contributed by atoms with E-state index >= 15 is 0 Å². The lowest BCUT2D eigenvalue weighted by molar-refractivity contribution is -0.137. The van der Waals surface area contributed by atoms with Gasteiger partial charge in [-0.05, 0) is 49.4 Å². The van der Waals surface area contributed by atoms with Gasteiger partial charge in [-0.15, -0.1) is 5.10 Å². The molecule has 34 heavy (non-hydrogen) atoms. The smallest absolute Gasteiger partial charge is 0.333 e. The molecule has 2 heterocycles. The molecule has 0 unspecified atom stereocenters. The Hall–Kier alpha value is -3.32. The van der Waals surface area contributed by atoms with Crippen molar-refractivity contribution < 1.29 is 30.8 Å². The summed E-state index contributed by atoms with van der Waals surface area (Å²) in [5.41, 5.74) is -0.539. The van der Waals surface area contributed by atoms with Gasteiger partial charge in [0.1, 0.15) is 11.6 Å². The number of nitrogens with zero attached hydrogens (tertiary/aromatic N) is 5. The van der Waals surface area contributed by atoms with Crippen molar-refractivity contribution in [2.75, 3.05) is 26.2 Å². The number of aromatic nitrogens is 3. The summed E-state index contributed by atoms with van der Waals surface area (Å²) in [4.78, 5) is 17.9. The Kier molecular flexibility index (Phi) is 6.16. The van der Waals surface area contributed by atoms with Crippen LogP contribution in [0.25, 0.3) is 5.69 Å². The predicted molar refractivity (Wildman–Crippen MR) is 112 cm³/mol. The van der Waals surface area contributed by atoms with E-state index < -0.39 is 38.4 Å². The number of hydrogen-bond donors (Lipinski definition) is 0. The Balaban J connectivity index is 1.46.